The van der Waals surface area contributed by atoms with Crippen LogP contribution in [-0.2, 0) is 28.0 Å². The maximum atomic E-state index is 12.6. The zero-order valence-electron chi connectivity index (χ0n) is 13.1. The van der Waals surface area contributed by atoms with E-state index in [4.69, 9.17) is 5.73 Å². The molecule has 1 aromatic heterocycles. The number of nitrogens with zero attached hydrogens (tertiary/aromatic N) is 3. The van der Waals surface area contributed by atoms with Gasteiger partial charge in [-0.2, -0.15) is 22.5 Å². The third-order valence-corrected chi connectivity index (χ3v) is 6.03. The second-order valence-corrected chi connectivity index (χ2v) is 7.93. The number of amides is 1. The molecule has 2 heterocycles. The normalized spacial score (nSPS) is 22.7. The van der Waals surface area contributed by atoms with Crippen LogP contribution in [0.2, 0.25) is 0 Å². The lowest BCUT2D eigenvalue weighted by molar-refractivity contribution is -0.118. The van der Waals surface area contributed by atoms with Crippen LogP contribution in [-0.4, -0.2) is 41.5 Å². The van der Waals surface area contributed by atoms with Crippen molar-refractivity contribution in [1.82, 2.24) is 18.8 Å². The predicted octanol–water partition coefficient (Wildman–Crippen LogP) is 0.0661. The number of rotatable bonds is 5. The van der Waals surface area contributed by atoms with Gasteiger partial charge in [0.2, 0.25) is 5.91 Å². The van der Waals surface area contributed by atoms with Crippen LogP contribution in [0, 0.1) is 0 Å². The summed E-state index contributed by atoms with van der Waals surface area (Å²) in [7, 11) is -3.50. The minimum atomic E-state index is -3.50. The van der Waals surface area contributed by atoms with Gasteiger partial charge in [0.25, 0.3) is 10.2 Å². The fourth-order valence-corrected chi connectivity index (χ4v) is 4.79. The van der Waals surface area contributed by atoms with Gasteiger partial charge in [-0.1, -0.05) is 6.42 Å². The van der Waals surface area contributed by atoms with Gasteiger partial charge < -0.3 is 5.73 Å². The number of piperidine rings is 1. The van der Waals surface area contributed by atoms with Crippen molar-refractivity contribution < 1.29 is 13.2 Å². The Morgan fingerprint density at radius 3 is 2.74 bits per heavy atom. The number of carbonyl (C=O) groups excluding carboxylic acids is 1. The summed E-state index contributed by atoms with van der Waals surface area (Å²) in [4.78, 5) is 11.0. The number of primary amides is 1. The first-order valence-electron chi connectivity index (χ1n) is 8.07. The summed E-state index contributed by atoms with van der Waals surface area (Å²) in [6.07, 6.45) is 7.14. The Morgan fingerprint density at radius 1 is 1.30 bits per heavy atom. The van der Waals surface area contributed by atoms with E-state index < -0.39 is 16.1 Å². The standard InChI is InChI=1S/C14H23N5O3S/c15-13(20)10-18-9-11-5-4-6-12(14(11)16-18)17-23(21,22)19-7-2-1-3-8-19/h9,12,17H,1-8,10H2,(H2,15,20)/t12-/m1/s1. The number of hydrogen-bond donors (Lipinski definition) is 2. The van der Waals surface area contributed by atoms with Gasteiger partial charge >= 0.3 is 0 Å². The third-order valence-electron chi connectivity index (χ3n) is 4.40. The van der Waals surface area contributed by atoms with E-state index in [-0.39, 0.29) is 12.6 Å². The first kappa shape index (κ1) is 16.4. The maximum absolute atomic E-state index is 12.6. The highest BCUT2D eigenvalue weighted by atomic mass is 32.2. The molecule has 0 radical (unpaired) electrons. The number of aromatic nitrogens is 2. The van der Waals surface area contributed by atoms with Crippen molar-refractivity contribution in [2.24, 2.45) is 5.73 Å². The summed E-state index contributed by atoms with van der Waals surface area (Å²) >= 11 is 0. The molecule has 0 saturated carbocycles. The van der Waals surface area contributed by atoms with Gasteiger partial charge in [-0.15, -0.1) is 0 Å². The molecule has 0 unspecified atom stereocenters. The summed E-state index contributed by atoms with van der Waals surface area (Å²) in [5.41, 5.74) is 6.91. The molecule has 128 valence electrons. The lowest BCUT2D eigenvalue weighted by Crippen LogP contribution is -2.45. The largest absolute Gasteiger partial charge is 0.368 e. The van der Waals surface area contributed by atoms with Crippen LogP contribution in [0.4, 0.5) is 0 Å². The van der Waals surface area contributed by atoms with E-state index in [1.165, 1.54) is 8.99 Å². The monoisotopic (exact) mass is 341 g/mol. The SMILES string of the molecule is NC(=O)Cn1cc2c(n1)[C@H](NS(=O)(=O)N1CCCCC1)CCC2. The molecule has 1 aliphatic heterocycles. The molecule has 3 rings (SSSR count). The van der Waals surface area contributed by atoms with Crippen LogP contribution in [0.5, 0.6) is 0 Å². The molecule has 0 spiro atoms. The Bertz CT molecular complexity index is 679. The summed E-state index contributed by atoms with van der Waals surface area (Å²) in [5, 5.41) is 4.37. The maximum Gasteiger partial charge on any atom is 0.280 e. The van der Waals surface area contributed by atoms with E-state index in [1.807, 2.05) is 0 Å². The van der Waals surface area contributed by atoms with Gasteiger partial charge in [-0.25, -0.2) is 0 Å². The molecular formula is C14H23N5O3S. The van der Waals surface area contributed by atoms with Crippen LogP contribution < -0.4 is 10.5 Å². The highest BCUT2D eigenvalue weighted by molar-refractivity contribution is 7.87. The molecule has 1 aromatic rings. The summed E-state index contributed by atoms with van der Waals surface area (Å²) in [6.45, 7) is 1.16. The summed E-state index contributed by atoms with van der Waals surface area (Å²) in [5.74, 6) is -0.463. The van der Waals surface area contributed by atoms with Gasteiger partial charge in [-0.05, 0) is 37.7 Å². The lowest BCUT2D eigenvalue weighted by Gasteiger charge is -2.29. The molecule has 1 saturated heterocycles. The van der Waals surface area contributed by atoms with Gasteiger partial charge in [0.05, 0.1) is 11.7 Å². The van der Waals surface area contributed by atoms with Crippen molar-refractivity contribution in [1.29, 1.82) is 0 Å². The fourth-order valence-electron chi connectivity index (χ4n) is 3.31. The van der Waals surface area contributed by atoms with Crippen LogP contribution in [0.3, 0.4) is 0 Å². The molecule has 23 heavy (non-hydrogen) atoms. The zero-order chi connectivity index (χ0) is 16.4. The fraction of sp³-hybridized carbons (Fsp3) is 0.714. The van der Waals surface area contributed by atoms with E-state index in [2.05, 4.69) is 9.82 Å². The molecule has 0 bridgehead atoms. The highest BCUT2D eigenvalue weighted by Crippen LogP contribution is 2.29. The molecule has 8 nitrogen and oxygen atoms in total. The molecule has 1 amide bonds. The number of carbonyl (C=O) groups is 1. The first-order valence-corrected chi connectivity index (χ1v) is 9.51. The molecular weight excluding hydrogens is 318 g/mol. The van der Waals surface area contributed by atoms with Crippen LogP contribution in [0.15, 0.2) is 6.20 Å². The molecule has 3 N–H and O–H groups in total. The molecule has 2 aliphatic rings. The number of nitrogens with two attached hydrogens (primary N) is 1. The highest BCUT2D eigenvalue weighted by Gasteiger charge is 2.31. The first-order chi connectivity index (χ1) is 11.0. The Hall–Kier alpha value is -1.45. The second-order valence-electron chi connectivity index (χ2n) is 6.23. The van der Waals surface area contributed by atoms with Crippen LogP contribution in [0.25, 0.3) is 0 Å². The molecule has 1 atom stereocenters. The van der Waals surface area contributed by atoms with E-state index in [1.54, 1.807) is 6.20 Å². The smallest absolute Gasteiger partial charge is 0.280 e. The van der Waals surface area contributed by atoms with E-state index in [0.29, 0.717) is 19.5 Å². The Labute approximate surface area is 136 Å². The van der Waals surface area contributed by atoms with Gasteiger partial charge in [0.1, 0.15) is 6.54 Å². The number of nitrogens with one attached hydrogen (secondary N) is 1. The van der Waals surface area contributed by atoms with Gasteiger partial charge in [0, 0.05) is 19.3 Å². The Kier molecular flexibility index (Phi) is 4.69. The van der Waals surface area contributed by atoms with Crippen molar-refractivity contribution in [2.75, 3.05) is 13.1 Å². The molecule has 1 aliphatic carbocycles. The molecule has 0 aromatic carbocycles. The molecule has 9 heteroatoms. The van der Waals surface area contributed by atoms with Crippen LogP contribution >= 0.6 is 0 Å². The number of aryl methyl sites for hydroxylation is 1. The topological polar surface area (TPSA) is 110 Å². The van der Waals surface area contributed by atoms with Crippen LogP contribution in [0.1, 0.15) is 49.4 Å². The van der Waals surface area contributed by atoms with Crippen molar-refractivity contribution in [3.63, 3.8) is 0 Å². The van der Waals surface area contributed by atoms with Gasteiger partial charge in [0.15, 0.2) is 0 Å². The average Bonchev–Trinajstić information content (AvgIpc) is 2.90. The van der Waals surface area contributed by atoms with Gasteiger partial charge in [-0.3, -0.25) is 9.48 Å². The lowest BCUT2D eigenvalue weighted by atomic mass is 9.94. The molecule has 1 fully saturated rings. The summed E-state index contributed by atoms with van der Waals surface area (Å²) < 4.78 is 30.9. The zero-order valence-corrected chi connectivity index (χ0v) is 13.9. The van der Waals surface area contributed by atoms with E-state index in [0.717, 1.165) is 43.4 Å². The number of fused-ring (bicyclic) bond motifs is 1. The predicted molar refractivity (Wildman–Crippen MR) is 84.6 cm³/mol. The average molecular weight is 341 g/mol. The number of hydrogen-bond acceptors (Lipinski definition) is 4. The quantitative estimate of drug-likeness (QED) is 0.789. The van der Waals surface area contributed by atoms with Crippen molar-refractivity contribution >= 4 is 16.1 Å². The minimum Gasteiger partial charge on any atom is -0.368 e. The van der Waals surface area contributed by atoms with Crippen molar-refractivity contribution in [3.05, 3.63) is 17.5 Å². The Balaban J connectivity index is 1.77. The summed E-state index contributed by atoms with van der Waals surface area (Å²) in [6, 6.07) is -0.334. The van der Waals surface area contributed by atoms with E-state index in [9.17, 15) is 13.2 Å². The van der Waals surface area contributed by atoms with E-state index >= 15 is 0 Å². The Morgan fingerprint density at radius 2 is 2.04 bits per heavy atom. The second kappa shape index (κ2) is 6.58. The minimum absolute atomic E-state index is 0.0125. The van der Waals surface area contributed by atoms with Crippen molar-refractivity contribution in [2.45, 2.75) is 51.1 Å². The van der Waals surface area contributed by atoms with Crippen molar-refractivity contribution in [3.8, 4) is 0 Å². The third kappa shape index (κ3) is 3.73.